The van der Waals surface area contributed by atoms with Crippen LogP contribution in [0.4, 0.5) is 5.69 Å². The maximum atomic E-state index is 12.0. The molecule has 2 N–H and O–H groups in total. The molecule has 0 aliphatic heterocycles. The van der Waals surface area contributed by atoms with Gasteiger partial charge in [-0.1, -0.05) is 29.8 Å². The first kappa shape index (κ1) is 15.2. The average Bonchev–Trinajstić information content (AvgIpc) is 2.47. The van der Waals surface area contributed by atoms with Crippen molar-refractivity contribution >= 4 is 23.2 Å². The second-order valence-electron chi connectivity index (χ2n) is 4.74. The van der Waals surface area contributed by atoms with E-state index in [1.165, 1.54) is 0 Å². The summed E-state index contributed by atoms with van der Waals surface area (Å²) >= 11 is 5.83. The van der Waals surface area contributed by atoms with Gasteiger partial charge < -0.3 is 15.4 Å². The van der Waals surface area contributed by atoms with Crippen molar-refractivity contribution in [3.8, 4) is 5.75 Å². The number of nitrogens with zero attached hydrogens (tertiary/aromatic N) is 1. The highest BCUT2D eigenvalue weighted by Crippen LogP contribution is 2.15. The lowest BCUT2D eigenvalue weighted by Gasteiger charge is -2.17. The predicted molar refractivity (Wildman–Crippen MR) is 84.3 cm³/mol. The zero-order chi connectivity index (χ0) is 15.2. The Labute approximate surface area is 129 Å². The van der Waals surface area contributed by atoms with Crippen LogP contribution in [0.15, 0.2) is 48.5 Å². The summed E-state index contributed by atoms with van der Waals surface area (Å²) in [6.07, 6.45) is 0. The summed E-state index contributed by atoms with van der Waals surface area (Å²) in [5.41, 5.74) is 7.27. The minimum Gasteiger partial charge on any atom is -0.484 e. The summed E-state index contributed by atoms with van der Waals surface area (Å²) < 4.78 is 5.43. The fourth-order valence-corrected chi connectivity index (χ4v) is 1.94. The van der Waals surface area contributed by atoms with E-state index in [-0.39, 0.29) is 12.5 Å². The van der Waals surface area contributed by atoms with Crippen LogP contribution in [0.25, 0.3) is 0 Å². The summed E-state index contributed by atoms with van der Waals surface area (Å²) in [7, 11) is 1.74. The number of anilines is 1. The predicted octanol–water partition coefficient (Wildman–Crippen LogP) is 2.96. The molecular weight excluding hydrogens is 288 g/mol. The number of carbonyl (C=O) groups is 1. The summed E-state index contributed by atoms with van der Waals surface area (Å²) in [5, 5.41) is 0.678. The van der Waals surface area contributed by atoms with Gasteiger partial charge in [0.25, 0.3) is 5.91 Å². The number of carbonyl (C=O) groups excluding carboxylic acids is 1. The van der Waals surface area contributed by atoms with E-state index in [2.05, 4.69) is 0 Å². The van der Waals surface area contributed by atoms with Crippen LogP contribution in [0.1, 0.15) is 5.56 Å². The summed E-state index contributed by atoms with van der Waals surface area (Å²) in [4.78, 5) is 13.6. The van der Waals surface area contributed by atoms with Crippen LogP contribution in [-0.4, -0.2) is 24.5 Å². The Morgan fingerprint density at radius 3 is 2.62 bits per heavy atom. The van der Waals surface area contributed by atoms with Crippen molar-refractivity contribution in [2.75, 3.05) is 19.4 Å². The Balaban J connectivity index is 1.86. The molecule has 0 aliphatic carbocycles. The molecule has 1 amide bonds. The van der Waals surface area contributed by atoms with Gasteiger partial charge in [-0.05, 0) is 29.8 Å². The molecule has 2 aromatic carbocycles. The Kier molecular flexibility index (Phi) is 5.06. The first-order valence-corrected chi connectivity index (χ1v) is 6.89. The molecule has 0 aromatic heterocycles. The van der Waals surface area contributed by atoms with Crippen molar-refractivity contribution in [1.29, 1.82) is 0 Å². The molecule has 5 heteroatoms. The second kappa shape index (κ2) is 6.99. The van der Waals surface area contributed by atoms with E-state index in [0.717, 1.165) is 5.56 Å². The first-order chi connectivity index (χ1) is 10.0. The van der Waals surface area contributed by atoms with E-state index in [1.807, 2.05) is 12.1 Å². The fraction of sp³-hybridized carbons (Fsp3) is 0.188. The Morgan fingerprint density at radius 1 is 1.24 bits per heavy atom. The number of hydrogen-bond donors (Lipinski definition) is 1. The number of benzene rings is 2. The largest absolute Gasteiger partial charge is 0.484 e. The lowest BCUT2D eigenvalue weighted by molar-refractivity contribution is -0.132. The highest BCUT2D eigenvalue weighted by Gasteiger charge is 2.10. The van der Waals surface area contributed by atoms with Gasteiger partial charge in [0.2, 0.25) is 0 Å². The normalized spacial score (nSPS) is 10.2. The smallest absolute Gasteiger partial charge is 0.260 e. The van der Waals surface area contributed by atoms with Crippen LogP contribution >= 0.6 is 11.6 Å². The lowest BCUT2D eigenvalue weighted by Crippen LogP contribution is -2.30. The van der Waals surface area contributed by atoms with E-state index < -0.39 is 0 Å². The van der Waals surface area contributed by atoms with E-state index in [9.17, 15) is 4.79 Å². The molecule has 110 valence electrons. The third-order valence-corrected chi connectivity index (χ3v) is 3.23. The number of rotatable bonds is 5. The first-order valence-electron chi connectivity index (χ1n) is 6.51. The molecule has 2 aromatic rings. The van der Waals surface area contributed by atoms with Crippen molar-refractivity contribution in [2.24, 2.45) is 0 Å². The van der Waals surface area contributed by atoms with Gasteiger partial charge in [0.1, 0.15) is 5.75 Å². The van der Waals surface area contributed by atoms with Crippen LogP contribution in [0.3, 0.4) is 0 Å². The Morgan fingerprint density at radius 2 is 1.95 bits per heavy atom. The van der Waals surface area contributed by atoms with Crippen molar-refractivity contribution < 1.29 is 9.53 Å². The molecule has 0 unspecified atom stereocenters. The molecule has 0 bridgehead atoms. The average molecular weight is 305 g/mol. The summed E-state index contributed by atoms with van der Waals surface area (Å²) in [6, 6.07) is 14.4. The molecule has 4 nitrogen and oxygen atoms in total. The minimum absolute atomic E-state index is 0.0203. The number of amides is 1. The number of nitrogens with two attached hydrogens (primary N) is 1. The van der Waals surface area contributed by atoms with Gasteiger partial charge in [-0.3, -0.25) is 4.79 Å². The molecule has 0 aliphatic rings. The molecular formula is C16H17ClN2O2. The van der Waals surface area contributed by atoms with Gasteiger partial charge in [-0.25, -0.2) is 0 Å². The maximum absolute atomic E-state index is 12.0. The van der Waals surface area contributed by atoms with Gasteiger partial charge in [-0.2, -0.15) is 0 Å². The van der Waals surface area contributed by atoms with E-state index in [1.54, 1.807) is 48.3 Å². The van der Waals surface area contributed by atoms with Gasteiger partial charge in [0, 0.05) is 30.4 Å². The molecule has 0 atom stereocenters. The third-order valence-electron chi connectivity index (χ3n) is 2.98. The number of likely N-dealkylation sites (N-methyl/N-ethyl adjacent to an activating group) is 1. The Bertz CT molecular complexity index is 614. The molecule has 0 saturated carbocycles. The molecule has 21 heavy (non-hydrogen) atoms. The molecule has 0 heterocycles. The van der Waals surface area contributed by atoms with Crippen LogP contribution in [0, 0.1) is 0 Å². The lowest BCUT2D eigenvalue weighted by atomic mass is 10.2. The molecule has 0 saturated heterocycles. The summed E-state index contributed by atoms with van der Waals surface area (Å²) in [6.45, 7) is 0.490. The number of hydrogen-bond acceptors (Lipinski definition) is 3. The van der Waals surface area contributed by atoms with Gasteiger partial charge >= 0.3 is 0 Å². The standard InChI is InChI=1S/C16H17ClN2O2/c1-19(10-12-5-7-13(17)8-6-12)16(20)11-21-15-4-2-3-14(18)9-15/h2-9H,10-11,18H2,1H3. The minimum atomic E-state index is -0.104. The fourth-order valence-electron chi connectivity index (χ4n) is 1.81. The highest BCUT2D eigenvalue weighted by molar-refractivity contribution is 6.30. The summed E-state index contributed by atoms with van der Waals surface area (Å²) in [5.74, 6) is 0.482. The quantitative estimate of drug-likeness (QED) is 0.864. The zero-order valence-corrected chi connectivity index (χ0v) is 12.5. The van der Waals surface area contributed by atoms with Crippen molar-refractivity contribution in [3.63, 3.8) is 0 Å². The van der Waals surface area contributed by atoms with Crippen LogP contribution in [0.2, 0.25) is 5.02 Å². The van der Waals surface area contributed by atoms with Gasteiger partial charge in [-0.15, -0.1) is 0 Å². The van der Waals surface area contributed by atoms with E-state index in [4.69, 9.17) is 22.1 Å². The molecule has 2 rings (SSSR count). The van der Waals surface area contributed by atoms with E-state index in [0.29, 0.717) is 23.0 Å². The second-order valence-corrected chi connectivity index (χ2v) is 5.17. The highest BCUT2D eigenvalue weighted by atomic mass is 35.5. The number of halogens is 1. The van der Waals surface area contributed by atoms with Crippen molar-refractivity contribution in [3.05, 3.63) is 59.1 Å². The molecule has 0 spiro atoms. The SMILES string of the molecule is CN(Cc1ccc(Cl)cc1)C(=O)COc1cccc(N)c1. The van der Waals surface area contributed by atoms with E-state index >= 15 is 0 Å². The molecule has 0 fully saturated rings. The topological polar surface area (TPSA) is 55.6 Å². The van der Waals surface area contributed by atoms with Crippen LogP contribution < -0.4 is 10.5 Å². The van der Waals surface area contributed by atoms with Crippen molar-refractivity contribution in [1.82, 2.24) is 4.90 Å². The number of ether oxygens (including phenoxy) is 1. The maximum Gasteiger partial charge on any atom is 0.260 e. The van der Waals surface area contributed by atoms with Gasteiger partial charge in [0.05, 0.1) is 0 Å². The van der Waals surface area contributed by atoms with Crippen LogP contribution in [-0.2, 0) is 11.3 Å². The van der Waals surface area contributed by atoms with Crippen LogP contribution in [0.5, 0.6) is 5.75 Å². The number of nitrogen functional groups attached to an aromatic ring is 1. The third kappa shape index (κ3) is 4.68. The van der Waals surface area contributed by atoms with Crippen molar-refractivity contribution in [2.45, 2.75) is 6.54 Å². The molecule has 0 radical (unpaired) electrons. The monoisotopic (exact) mass is 304 g/mol. The Hall–Kier alpha value is -2.20. The van der Waals surface area contributed by atoms with Gasteiger partial charge in [0.15, 0.2) is 6.61 Å². The zero-order valence-electron chi connectivity index (χ0n) is 11.8.